The van der Waals surface area contributed by atoms with E-state index in [1.807, 2.05) is 0 Å². The number of fused-ring (bicyclic) bond motifs is 1. The van der Waals surface area contributed by atoms with Crippen molar-refractivity contribution in [2.45, 2.75) is 57.1 Å². The Morgan fingerprint density at radius 3 is 2.71 bits per heavy atom. The van der Waals surface area contributed by atoms with Gasteiger partial charge in [-0.3, -0.25) is 9.78 Å². The van der Waals surface area contributed by atoms with Crippen LogP contribution in [0.4, 0.5) is 19.1 Å². The van der Waals surface area contributed by atoms with Crippen LogP contribution in [0, 0.1) is 11.7 Å². The van der Waals surface area contributed by atoms with E-state index in [2.05, 4.69) is 20.4 Å². The van der Waals surface area contributed by atoms with Crippen LogP contribution in [0.3, 0.4) is 0 Å². The van der Waals surface area contributed by atoms with Crippen LogP contribution >= 0.6 is 0 Å². The van der Waals surface area contributed by atoms with Crippen LogP contribution < -0.4 is 5.32 Å². The predicted octanol–water partition coefficient (Wildman–Crippen LogP) is 4.00. The van der Waals surface area contributed by atoms with Crippen LogP contribution in [0.15, 0.2) is 30.6 Å². The lowest BCUT2D eigenvalue weighted by molar-refractivity contribution is -0.159. The van der Waals surface area contributed by atoms with Crippen molar-refractivity contribution in [2.75, 3.05) is 18.5 Å². The predicted molar refractivity (Wildman–Crippen MR) is 121 cm³/mol. The molecule has 35 heavy (non-hydrogen) atoms. The second-order valence-corrected chi connectivity index (χ2v) is 9.39. The van der Waals surface area contributed by atoms with Gasteiger partial charge in [0.1, 0.15) is 11.6 Å². The number of aromatic nitrogens is 4. The highest BCUT2D eigenvalue weighted by molar-refractivity contribution is 5.71. The van der Waals surface area contributed by atoms with E-state index in [9.17, 15) is 18.0 Å². The minimum atomic E-state index is -2.45. The molecule has 11 heteroatoms. The average molecular weight is 489 g/mol. The Kier molecular flexibility index (Phi) is 6.12. The first-order valence-electron chi connectivity index (χ1n) is 11.6. The van der Waals surface area contributed by atoms with Gasteiger partial charge in [-0.1, -0.05) is 19.9 Å². The molecule has 0 amide bonds. The highest BCUT2D eigenvalue weighted by atomic mass is 19.3. The van der Waals surface area contributed by atoms with Gasteiger partial charge in [0.25, 0.3) is 0 Å². The summed E-state index contributed by atoms with van der Waals surface area (Å²) in [5, 5.41) is 7.62. The maximum absolute atomic E-state index is 14.6. The van der Waals surface area contributed by atoms with Crippen molar-refractivity contribution in [3.05, 3.63) is 42.0 Å². The van der Waals surface area contributed by atoms with Crippen LogP contribution in [-0.4, -0.2) is 57.3 Å². The van der Waals surface area contributed by atoms with Crippen molar-refractivity contribution in [3.8, 4) is 11.4 Å². The largest absolute Gasteiger partial charge is 0.458 e. The lowest BCUT2D eigenvalue weighted by atomic mass is 9.98. The summed E-state index contributed by atoms with van der Waals surface area (Å²) in [6.07, 6.45) is 1.25. The van der Waals surface area contributed by atoms with E-state index < -0.39 is 23.8 Å². The average Bonchev–Trinajstić information content (AvgIpc) is 3.60. The molecule has 1 N–H and O–H groups in total. The van der Waals surface area contributed by atoms with Crippen molar-refractivity contribution >= 4 is 17.4 Å². The van der Waals surface area contributed by atoms with Gasteiger partial charge in [-0.2, -0.15) is 0 Å². The number of ether oxygens (including phenoxy) is 2. The van der Waals surface area contributed by atoms with Gasteiger partial charge >= 0.3 is 5.97 Å². The minimum absolute atomic E-state index is 0.150. The third-order valence-corrected chi connectivity index (χ3v) is 6.63. The van der Waals surface area contributed by atoms with Crippen molar-refractivity contribution in [3.63, 3.8) is 0 Å². The van der Waals surface area contributed by atoms with E-state index in [1.54, 1.807) is 26.0 Å². The third-order valence-electron chi connectivity index (χ3n) is 6.63. The van der Waals surface area contributed by atoms with Crippen LogP contribution in [0.25, 0.3) is 16.9 Å². The van der Waals surface area contributed by atoms with Crippen LogP contribution in [0.1, 0.15) is 38.7 Å². The van der Waals surface area contributed by atoms with Crippen LogP contribution in [0.5, 0.6) is 0 Å². The Morgan fingerprint density at radius 1 is 1.26 bits per heavy atom. The number of esters is 1. The first kappa shape index (κ1) is 23.5. The highest BCUT2D eigenvalue weighted by Gasteiger charge is 2.52. The molecule has 3 aromatic heterocycles. The molecule has 1 aliphatic carbocycles. The van der Waals surface area contributed by atoms with Crippen LogP contribution in [0.2, 0.25) is 0 Å². The topological polar surface area (TPSA) is 90.6 Å². The number of hydrogen-bond donors (Lipinski definition) is 1. The summed E-state index contributed by atoms with van der Waals surface area (Å²) >= 11 is 0. The van der Waals surface area contributed by atoms with Crippen molar-refractivity contribution < 1.29 is 27.4 Å². The number of halogens is 3. The number of nitrogens with zero attached hydrogens (tertiary/aromatic N) is 4. The Bertz CT molecular complexity index is 1230. The summed E-state index contributed by atoms with van der Waals surface area (Å²) in [6.45, 7) is 4.24. The Labute approximate surface area is 199 Å². The van der Waals surface area contributed by atoms with Gasteiger partial charge in [-0.15, -0.1) is 5.10 Å². The Hall–Kier alpha value is -3.21. The lowest BCUT2D eigenvalue weighted by Crippen LogP contribution is -2.45. The maximum atomic E-state index is 14.6. The zero-order valence-corrected chi connectivity index (χ0v) is 19.4. The molecule has 3 aromatic rings. The van der Waals surface area contributed by atoms with Gasteiger partial charge in [0.05, 0.1) is 41.6 Å². The molecule has 8 nitrogen and oxygen atoms in total. The van der Waals surface area contributed by atoms with Gasteiger partial charge in [0.15, 0.2) is 5.82 Å². The van der Waals surface area contributed by atoms with Gasteiger partial charge in [-0.25, -0.2) is 22.7 Å². The summed E-state index contributed by atoms with van der Waals surface area (Å²) in [5.74, 6) is -0.908. The maximum Gasteiger partial charge on any atom is 0.308 e. The molecule has 2 atom stereocenters. The minimum Gasteiger partial charge on any atom is -0.458 e. The highest BCUT2D eigenvalue weighted by Crippen LogP contribution is 2.52. The van der Waals surface area contributed by atoms with E-state index in [0.29, 0.717) is 42.8 Å². The lowest BCUT2D eigenvalue weighted by Gasteiger charge is -2.32. The Morgan fingerprint density at radius 2 is 2.06 bits per heavy atom. The van der Waals surface area contributed by atoms with E-state index in [1.165, 1.54) is 23.0 Å². The molecule has 1 saturated heterocycles. The van der Waals surface area contributed by atoms with E-state index >= 15 is 0 Å². The molecule has 2 fully saturated rings. The molecular formula is C24H26F3N5O3. The van der Waals surface area contributed by atoms with Crippen molar-refractivity contribution in [1.82, 2.24) is 19.6 Å². The first-order chi connectivity index (χ1) is 16.8. The molecule has 5 rings (SSSR count). The molecule has 2 unspecified atom stereocenters. The van der Waals surface area contributed by atoms with Gasteiger partial charge in [0.2, 0.25) is 12.4 Å². The van der Waals surface area contributed by atoms with Gasteiger partial charge in [-0.05, 0) is 30.9 Å². The summed E-state index contributed by atoms with van der Waals surface area (Å²) in [6, 6.07) is 4.23. The summed E-state index contributed by atoms with van der Waals surface area (Å²) in [4.78, 5) is 20.6. The Balaban J connectivity index is 1.41. The van der Waals surface area contributed by atoms with E-state index in [0.717, 1.165) is 0 Å². The van der Waals surface area contributed by atoms with Crippen molar-refractivity contribution in [2.24, 2.45) is 5.92 Å². The van der Waals surface area contributed by atoms with Crippen LogP contribution in [-0.2, 0) is 19.7 Å². The molecule has 0 bridgehead atoms. The first-order valence-corrected chi connectivity index (χ1v) is 11.6. The summed E-state index contributed by atoms with van der Waals surface area (Å²) in [7, 11) is 0. The number of carbonyl (C=O) groups is 1. The number of anilines is 1. The summed E-state index contributed by atoms with van der Waals surface area (Å²) < 4.78 is 53.9. The monoisotopic (exact) mass is 489 g/mol. The number of pyridine rings is 1. The standard InChI is InChI=1S/C24H26F3N5O3/c1-13(2)21(33)35-20-12-34-8-5-17(20)30-23-29-11-19-15(25)9-18(32(19)31-23)16-4-3-14(10-28-16)24(6-7-24)22(26)27/h3-4,9-11,13,17,20,22H,5-8,12H2,1-2H3,(H,30,31). The zero-order chi connectivity index (χ0) is 24.7. The van der Waals surface area contributed by atoms with Crippen molar-refractivity contribution in [1.29, 1.82) is 0 Å². The van der Waals surface area contributed by atoms with E-state index in [4.69, 9.17) is 9.47 Å². The molecule has 0 aromatic carbocycles. The molecule has 2 aliphatic rings. The number of rotatable bonds is 7. The fourth-order valence-electron chi connectivity index (χ4n) is 4.25. The number of alkyl halides is 2. The number of carbonyl (C=O) groups excluding carboxylic acids is 1. The normalized spacial score (nSPS) is 21.5. The number of nitrogens with one attached hydrogen (secondary N) is 1. The zero-order valence-electron chi connectivity index (χ0n) is 19.4. The van der Waals surface area contributed by atoms with Gasteiger partial charge < -0.3 is 14.8 Å². The molecule has 186 valence electrons. The second kappa shape index (κ2) is 9.10. The summed E-state index contributed by atoms with van der Waals surface area (Å²) in [5.41, 5.74) is 0.285. The molecule has 1 aliphatic heterocycles. The SMILES string of the molecule is CC(C)C(=O)OC1COCCC1Nc1ncc2c(F)cc(-c3ccc(C4(C(F)F)CC4)cn3)n2n1. The molecule has 1 saturated carbocycles. The molecular weight excluding hydrogens is 463 g/mol. The third kappa shape index (κ3) is 4.44. The number of hydrogen-bond acceptors (Lipinski definition) is 7. The van der Waals surface area contributed by atoms with Gasteiger partial charge in [0, 0.05) is 18.9 Å². The molecule has 0 spiro atoms. The molecule has 0 radical (unpaired) electrons. The van der Waals surface area contributed by atoms with E-state index in [-0.39, 0.29) is 36.0 Å². The molecule has 4 heterocycles. The fraction of sp³-hybridized carbons (Fsp3) is 0.500. The smallest absolute Gasteiger partial charge is 0.308 e. The quantitative estimate of drug-likeness (QED) is 0.502. The fourth-order valence-corrected chi connectivity index (χ4v) is 4.25. The second-order valence-electron chi connectivity index (χ2n) is 9.39.